The van der Waals surface area contributed by atoms with Crippen molar-refractivity contribution in [3.8, 4) is 0 Å². The molecular formula is C16H24N2S. The molecule has 2 rings (SSSR count). The van der Waals surface area contributed by atoms with Gasteiger partial charge in [0.15, 0.2) is 0 Å². The monoisotopic (exact) mass is 276 g/mol. The third-order valence-corrected chi connectivity index (χ3v) is 4.71. The lowest BCUT2D eigenvalue weighted by molar-refractivity contribution is 0.253. The summed E-state index contributed by atoms with van der Waals surface area (Å²) in [6.07, 6.45) is 3.88. The number of anilines is 1. The molecule has 19 heavy (non-hydrogen) atoms. The minimum absolute atomic E-state index is 0.471. The Bertz CT molecular complexity index is 470. The third-order valence-electron chi connectivity index (χ3n) is 4.49. The Morgan fingerprint density at radius 3 is 2.74 bits per heavy atom. The third kappa shape index (κ3) is 3.27. The largest absolute Gasteiger partial charge is 0.389 e. The summed E-state index contributed by atoms with van der Waals surface area (Å²) >= 11 is 5.15. The van der Waals surface area contributed by atoms with Crippen LogP contribution in [-0.4, -0.2) is 11.0 Å². The van der Waals surface area contributed by atoms with Gasteiger partial charge in [0.25, 0.3) is 0 Å². The summed E-state index contributed by atoms with van der Waals surface area (Å²) in [5, 5.41) is 3.68. The average molecular weight is 276 g/mol. The zero-order valence-electron chi connectivity index (χ0n) is 12.1. The minimum Gasteiger partial charge on any atom is -0.389 e. The highest BCUT2D eigenvalue weighted by atomic mass is 32.1. The van der Waals surface area contributed by atoms with Gasteiger partial charge in [-0.25, -0.2) is 0 Å². The van der Waals surface area contributed by atoms with Crippen molar-refractivity contribution in [1.29, 1.82) is 0 Å². The van der Waals surface area contributed by atoms with Crippen LogP contribution in [0.5, 0.6) is 0 Å². The molecule has 3 heteroatoms. The van der Waals surface area contributed by atoms with Gasteiger partial charge in [0, 0.05) is 17.3 Å². The van der Waals surface area contributed by atoms with E-state index in [-0.39, 0.29) is 0 Å². The highest BCUT2D eigenvalue weighted by Crippen LogP contribution is 2.32. The van der Waals surface area contributed by atoms with Gasteiger partial charge < -0.3 is 11.1 Å². The molecule has 1 aliphatic rings. The topological polar surface area (TPSA) is 38.0 Å². The number of thiocarbonyl (C=S) groups is 1. The van der Waals surface area contributed by atoms with Gasteiger partial charge >= 0.3 is 0 Å². The van der Waals surface area contributed by atoms with Crippen molar-refractivity contribution in [3.63, 3.8) is 0 Å². The second-order valence-corrected chi connectivity index (χ2v) is 6.37. The fourth-order valence-corrected chi connectivity index (χ4v) is 3.16. The molecule has 0 radical (unpaired) electrons. The number of nitrogens with one attached hydrogen (secondary N) is 1. The molecule has 0 spiro atoms. The van der Waals surface area contributed by atoms with E-state index in [4.69, 9.17) is 18.0 Å². The minimum atomic E-state index is 0.471. The fraction of sp³-hybridized carbons (Fsp3) is 0.562. The van der Waals surface area contributed by atoms with E-state index in [1.165, 1.54) is 24.8 Å². The number of nitrogens with two attached hydrogens (primary N) is 1. The molecular weight excluding hydrogens is 252 g/mol. The molecule has 1 aromatic carbocycles. The summed E-state index contributed by atoms with van der Waals surface area (Å²) in [5.41, 5.74) is 9.12. The predicted molar refractivity (Wildman–Crippen MR) is 86.7 cm³/mol. The molecule has 0 bridgehead atoms. The first-order chi connectivity index (χ1) is 8.99. The Morgan fingerprint density at radius 1 is 1.32 bits per heavy atom. The van der Waals surface area contributed by atoms with E-state index in [9.17, 15) is 0 Å². The maximum atomic E-state index is 5.82. The van der Waals surface area contributed by atoms with Gasteiger partial charge in [-0.2, -0.15) is 0 Å². The quantitative estimate of drug-likeness (QED) is 0.823. The molecule has 0 amide bonds. The van der Waals surface area contributed by atoms with Crippen LogP contribution in [0.15, 0.2) is 18.2 Å². The molecule has 104 valence electrons. The maximum Gasteiger partial charge on any atom is 0.106 e. The number of benzene rings is 1. The summed E-state index contributed by atoms with van der Waals surface area (Å²) in [4.78, 5) is 0.471. The van der Waals surface area contributed by atoms with Crippen molar-refractivity contribution in [2.75, 3.05) is 5.32 Å². The maximum absolute atomic E-state index is 5.82. The molecule has 3 atom stereocenters. The van der Waals surface area contributed by atoms with Crippen molar-refractivity contribution in [2.45, 2.75) is 46.1 Å². The van der Waals surface area contributed by atoms with Gasteiger partial charge in [0.05, 0.1) is 0 Å². The molecule has 2 nitrogen and oxygen atoms in total. The Kier molecular flexibility index (Phi) is 4.46. The van der Waals surface area contributed by atoms with E-state index < -0.39 is 0 Å². The van der Waals surface area contributed by atoms with Crippen LogP contribution in [0.4, 0.5) is 5.69 Å². The van der Waals surface area contributed by atoms with Gasteiger partial charge in [0.2, 0.25) is 0 Å². The molecule has 0 heterocycles. The van der Waals surface area contributed by atoms with E-state index in [0.717, 1.165) is 17.2 Å². The highest BCUT2D eigenvalue weighted by molar-refractivity contribution is 7.80. The SMILES string of the molecule is Cc1ccc(C(N)=S)c(NC2CCCC(C)C2C)c1. The van der Waals surface area contributed by atoms with Crippen molar-refractivity contribution >= 4 is 22.9 Å². The van der Waals surface area contributed by atoms with Crippen LogP contribution in [0.1, 0.15) is 44.2 Å². The first-order valence-corrected chi connectivity index (χ1v) is 7.57. The van der Waals surface area contributed by atoms with E-state index >= 15 is 0 Å². The van der Waals surface area contributed by atoms with E-state index in [2.05, 4.69) is 38.2 Å². The Labute approximate surface area is 121 Å². The predicted octanol–water partition coefficient (Wildman–Crippen LogP) is 3.87. The molecule has 3 unspecified atom stereocenters. The molecule has 1 saturated carbocycles. The van der Waals surface area contributed by atoms with E-state index in [0.29, 0.717) is 16.9 Å². The van der Waals surface area contributed by atoms with Crippen molar-refractivity contribution < 1.29 is 0 Å². The zero-order valence-corrected chi connectivity index (χ0v) is 12.9. The smallest absolute Gasteiger partial charge is 0.106 e. The molecule has 1 fully saturated rings. The number of aryl methyl sites for hydroxylation is 1. The average Bonchev–Trinajstić information content (AvgIpc) is 2.35. The first kappa shape index (κ1) is 14.3. The normalized spacial score (nSPS) is 27.0. The lowest BCUT2D eigenvalue weighted by Crippen LogP contribution is -2.35. The van der Waals surface area contributed by atoms with Crippen molar-refractivity contribution in [3.05, 3.63) is 29.3 Å². The summed E-state index contributed by atoms with van der Waals surface area (Å²) < 4.78 is 0. The van der Waals surface area contributed by atoms with Crippen LogP contribution >= 0.6 is 12.2 Å². The van der Waals surface area contributed by atoms with Gasteiger partial charge in [-0.1, -0.05) is 45.0 Å². The van der Waals surface area contributed by atoms with Gasteiger partial charge in [0.1, 0.15) is 4.99 Å². The summed E-state index contributed by atoms with van der Waals surface area (Å²) in [6.45, 7) is 6.79. The molecule has 0 aromatic heterocycles. The second kappa shape index (κ2) is 5.91. The Balaban J connectivity index is 2.22. The summed E-state index contributed by atoms with van der Waals surface area (Å²) in [6, 6.07) is 6.77. The molecule has 3 N–H and O–H groups in total. The second-order valence-electron chi connectivity index (χ2n) is 5.93. The number of hydrogen-bond donors (Lipinski definition) is 2. The molecule has 1 aliphatic carbocycles. The number of rotatable bonds is 3. The zero-order chi connectivity index (χ0) is 14.0. The van der Waals surface area contributed by atoms with E-state index in [1.807, 2.05) is 6.07 Å². The standard InChI is InChI=1S/C16H24N2S/c1-10-7-8-13(16(17)19)15(9-10)18-14-6-4-5-11(2)12(14)3/h7-9,11-12,14,18H,4-6H2,1-3H3,(H2,17,19). The fourth-order valence-electron chi connectivity index (χ4n) is 2.98. The molecule has 1 aromatic rings. The number of hydrogen-bond acceptors (Lipinski definition) is 2. The first-order valence-electron chi connectivity index (χ1n) is 7.16. The lowest BCUT2D eigenvalue weighted by atomic mass is 9.78. The Morgan fingerprint density at radius 2 is 2.05 bits per heavy atom. The van der Waals surface area contributed by atoms with Crippen LogP contribution in [0.3, 0.4) is 0 Å². The van der Waals surface area contributed by atoms with Crippen LogP contribution in [-0.2, 0) is 0 Å². The molecule has 0 saturated heterocycles. The summed E-state index contributed by atoms with van der Waals surface area (Å²) in [7, 11) is 0. The van der Waals surface area contributed by atoms with Crippen LogP contribution in [0.25, 0.3) is 0 Å². The molecule has 0 aliphatic heterocycles. The Hall–Kier alpha value is -1.09. The van der Waals surface area contributed by atoms with Crippen molar-refractivity contribution in [1.82, 2.24) is 0 Å². The van der Waals surface area contributed by atoms with Crippen molar-refractivity contribution in [2.24, 2.45) is 17.6 Å². The van der Waals surface area contributed by atoms with Gasteiger partial charge in [-0.05, 0) is 42.9 Å². The summed E-state index contributed by atoms with van der Waals surface area (Å²) in [5.74, 6) is 1.47. The van der Waals surface area contributed by atoms with Crippen LogP contribution in [0.2, 0.25) is 0 Å². The van der Waals surface area contributed by atoms with Gasteiger partial charge in [-0.3, -0.25) is 0 Å². The highest BCUT2D eigenvalue weighted by Gasteiger charge is 2.27. The lowest BCUT2D eigenvalue weighted by Gasteiger charge is -2.35. The van der Waals surface area contributed by atoms with Crippen LogP contribution in [0, 0.1) is 18.8 Å². The van der Waals surface area contributed by atoms with E-state index in [1.54, 1.807) is 0 Å². The van der Waals surface area contributed by atoms with Crippen LogP contribution < -0.4 is 11.1 Å². The van der Waals surface area contributed by atoms with Gasteiger partial charge in [-0.15, -0.1) is 0 Å².